The molecule has 1 amide bonds. The van der Waals surface area contributed by atoms with Crippen molar-refractivity contribution in [3.63, 3.8) is 0 Å². The molecule has 1 aromatic rings. The fraction of sp³-hybridized carbons (Fsp3) is 0.400. The van der Waals surface area contributed by atoms with E-state index in [0.29, 0.717) is 11.9 Å². The lowest BCUT2D eigenvalue weighted by Gasteiger charge is -2.07. The number of rotatable bonds is 4. The molecule has 1 saturated carbocycles. The second-order valence-electron chi connectivity index (χ2n) is 3.68. The number of nitrogens with zero attached hydrogens (tertiary/aromatic N) is 1. The van der Waals surface area contributed by atoms with Gasteiger partial charge in [-0.25, -0.2) is 4.98 Å². The van der Waals surface area contributed by atoms with Gasteiger partial charge < -0.3 is 10.6 Å². The molecule has 0 radical (unpaired) electrons. The second kappa shape index (κ2) is 5.14. The molecule has 0 bridgehead atoms. The Hall–Kier alpha value is -0.620. The molecule has 6 heteroatoms. The summed E-state index contributed by atoms with van der Waals surface area (Å²) in [5.74, 6) is 0.688. The van der Waals surface area contributed by atoms with Crippen LogP contribution in [0.4, 0.5) is 5.82 Å². The molecule has 0 unspecified atom stereocenters. The summed E-state index contributed by atoms with van der Waals surface area (Å²) in [5.41, 5.74) is 0. The number of amides is 1. The van der Waals surface area contributed by atoms with Crippen molar-refractivity contribution >= 4 is 43.6 Å². The highest BCUT2D eigenvalue weighted by Crippen LogP contribution is 2.23. The lowest BCUT2D eigenvalue weighted by molar-refractivity contribution is -0.119. The second-order valence-corrected chi connectivity index (χ2v) is 5.45. The van der Waals surface area contributed by atoms with Gasteiger partial charge in [-0.05, 0) is 50.8 Å². The summed E-state index contributed by atoms with van der Waals surface area (Å²) in [6.07, 6.45) is 3.89. The van der Waals surface area contributed by atoms with Crippen LogP contribution in [0.3, 0.4) is 0 Å². The zero-order chi connectivity index (χ0) is 11.5. The number of anilines is 1. The molecule has 1 aliphatic rings. The van der Waals surface area contributed by atoms with Crippen LogP contribution in [0.2, 0.25) is 0 Å². The number of hydrogen-bond acceptors (Lipinski definition) is 3. The van der Waals surface area contributed by atoms with Gasteiger partial charge in [-0.3, -0.25) is 4.79 Å². The summed E-state index contributed by atoms with van der Waals surface area (Å²) in [5, 5.41) is 5.88. The summed E-state index contributed by atoms with van der Waals surface area (Å²) in [7, 11) is 0. The average molecular weight is 349 g/mol. The van der Waals surface area contributed by atoms with Crippen molar-refractivity contribution in [2.24, 2.45) is 0 Å². The molecule has 0 aromatic carbocycles. The Morgan fingerprint density at radius 2 is 2.25 bits per heavy atom. The normalized spacial score (nSPS) is 14.6. The lowest BCUT2D eigenvalue weighted by atomic mass is 10.4. The summed E-state index contributed by atoms with van der Waals surface area (Å²) in [6.45, 7) is 0.254. The molecule has 0 saturated heterocycles. The van der Waals surface area contributed by atoms with Gasteiger partial charge in [-0.15, -0.1) is 0 Å². The minimum atomic E-state index is 0.0131. The summed E-state index contributed by atoms with van der Waals surface area (Å²) < 4.78 is 1.73. The fourth-order valence-corrected chi connectivity index (χ4v) is 2.34. The molecule has 16 heavy (non-hydrogen) atoms. The van der Waals surface area contributed by atoms with Crippen molar-refractivity contribution in [1.29, 1.82) is 0 Å². The molecule has 86 valence electrons. The van der Waals surface area contributed by atoms with Gasteiger partial charge >= 0.3 is 0 Å². The monoisotopic (exact) mass is 347 g/mol. The number of nitrogens with one attached hydrogen (secondary N) is 2. The molecule has 2 rings (SSSR count). The van der Waals surface area contributed by atoms with Crippen molar-refractivity contribution in [2.75, 3.05) is 11.9 Å². The maximum absolute atomic E-state index is 11.4. The lowest BCUT2D eigenvalue weighted by Crippen LogP contribution is -2.31. The van der Waals surface area contributed by atoms with E-state index < -0.39 is 0 Å². The Balaban J connectivity index is 1.85. The first-order valence-electron chi connectivity index (χ1n) is 4.99. The fourth-order valence-electron chi connectivity index (χ4n) is 1.22. The molecule has 0 aliphatic heterocycles. The van der Waals surface area contributed by atoms with Crippen LogP contribution in [0.5, 0.6) is 0 Å². The van der Waals surface area contributed by atoms with E-state index in [2.05, 4.69) is 47.5 Å². The van der Waals surface area contributed by atoms with Crippen LogP contribution in [0.15, 0.2) is 21.2 Å². The van der Waals surface area contributed by atoms with Gasteiger partial charge in [0.2, 0.25) is 5.91 Å². The van der Waals surface area contributed by atoms with Gasteiger partial charge in [0.15, 0.2) is 0 Å². The van der Waals surface area contributed by atoms with Crippen LogP contribution in [0, 0.1) is 0 Å². The van der Waals surface area contributed by atoms with E-state index in [9.17, 15) is 4.79 Å². The number of hydrogen-bond donors (Lipinski definition) is 2. The van der Waals surface area contributed by atoms with E-state index in [1.807, 2.05) is 6.07 Å². The molecular formula is C10H11Br2N3O. The summed E-state index contributed by atoms with van der Waals surface area (Å²) in [4.78, 5) is 15.6. The Bertz CT molecular complexity index is 407. The van der Waals surface area contributed by atoms with Crippen LogP contribution in [-0.4, -0.2) is 23.5 Å². The highest BCUT2D eigenvalue weighted by molar-refractivity contribution is 9.11. The van der Waals surface area contributed by atoms with Crippen molar-refractivity contribution in [2.45, 2.75) is 18.9 Å². The smallest absolute Gasteiger partial charge is 0.239 e. The number of carbonyl (C=O) groups excluding carboxylic acids is 1. The van der Waals surface area contributed by atoms with Gasteiger partial charge in [-0.2, -0.15) is 0 Å². The van der Waals surface area contributed by atoms with Crippen LogP contribution in [0.25, 0.3) is 0 Å². The van der Waals surface area contributed by atoms with E-state index >= 15 is 0 Å². The van der Waals surface area contributed by atoms with Gasteiger partial charge in [0.25, 0.3) is 0 Å². The molecule has 0 atom stereocenters. The van der Waals surface area contributed by atoms with Crippen LogP contribution in [-0.2, 0) is 4.79 Å². The molecule has 1 heterocycles. The van der Waals surface area contributed by atoms with Crippen LogP contribution >= 0.6 is 31.9 Å². The Labute approximate surface area is 110 Å². The molecule has 2 N–H and O–H groups in total. The minimum Gasteiger partial charge on any atom is -0.360 e. The SMILES string of the molecule is O=C(CNc1ncc(Br)cc1Br)NC1CC1. The van der Waals surface area contributed by atoms with Crippen molar-refractivity contribution in [3.8, 4) is 0 Å². The molecule has 1 aromatic heterocycles. The van der Waals surface area contributed by atoms with E-state index in [0.717, 1.165) is 21.8 Å². The third-order valence-electron chi connectivity index (χ3n) is 2.17. The predicted octanol–water partition coefficient (Wildman–Crippen LogP) is 2.30. The first-order valence-corrected chi connectivity index (χ1v) is 6.58. The largest absolute Gasteiger partial charge is 0.360 e. The molecule has 4 nitrogen and oxygen atoms in total. The Morgan fingerprint density at radius 3 is 2.88 bits per heavy atom. The van der Waals surface area contributed by atoms with Gasteiger partial charge in [0, 0.05) is 16.7 Å². The quantitative estimate of drug-likeness (QED) is 0.877. The van der Waals surface area contributed by atoms with E-state index in [4.69, 9.17) is 0 Å². The standard InChI is InChI=1S/C10H11Br2N3O/c11-6-3-8(12)10(13-4-6)14-5-9(16)15-7-1-2-7/h3-4,7H,1-2,5H2,(H,13,14)(H,15,16). The van der Waals surface area contributed by atoms with Crippen molar-refractivity contribution in [1.82, 2.24) is 10.3 Å². The van der Waals surface area contributed by atoms with E-state index in [1.165, 1.54) is 0 Å². The maximum Gasteiger partial charge on any atom is 0.239 e. The highest BCUT2D eigenvalue weighted by atomic mass is 79.9. The van der Waals surface area contributed by atoms with E-state index in [1.54, 1.807) is 6.20 Å². The topological polar surface area (TPSA) is 54.0 Å². The van der Waals surface area contributed by atoms with Crippen LogP contribution < -0.4 is 10.6 Å². The maximum atomic E-state index is 11.4. The zero-order valence-electron chi connectivity index (χ0n) is 8.46. The summed E-state index contributed by atoms with van der Waals surface area (Å²) >= 11 is 6.69. The first kappa shape index (κ1) is 11.9. The average Bonchev–Trinajstić information content (AvgIpc) is 3.00. The van der Waals surface area contributed by atoms with Crippen molar-refractivity contribution in [3.05, 3.63) is 21.2 Å². The van der Waals surface area contributed by atoms with Gasteiger partial charge in [-0.1, -0.05) is 0 Å². The summed E-state index contributed by atoms with van der Waals surface area (Å²) in [6, 6.07) is 2.28. The molecule has 0 spiro atoms. The first-order chi connectivity index (χ1) is 7.65. The third kappa shape index (κ3) is 3.45. The van der Waals surface area contributed by atoms with Gasteiger partial charge in [0.05, 0.1) is 11.0 Å². The third-order valence-corrected chi connectivity index (χ3v) is 3.20. The van der Waals surface area contributed by atoms with Gasteiger partial charge in [0.1, 0.15) is 5.82 Å². The number of carbonyl (C=O) groups is 1. The molecule has 1 fully saturated rings. The van der Waals surface area contributed by atoms with Crippen LogP contribution in [0.1, 0.15) is 12.8 Å². The minimum absolute atomic E-state index is 0.0131. The number of aromatic nitrogens is 1. The molecule has 1 aliphatic carbocycles. The molecular weight excluding hydrogens is 338 g/mol. The zero-order valence-corrected chi connectivity index (χ0v) is 11.6. The number of halogens is 2. The Morgan fingerprint density at radius 1 is 1.50 bits per heavy atom. The number of pyridine rings is 1. The Kier molecular flexibility index (Phi) is 3.81. The van der Waals surface area contributed by atoms with E-state index in [-0.39, 0.29) is 12.5 Å². The van der Waals surface area contributed by atoms with Crippen molar-refractivity contribution < 1.29 is 4.79 Å². The predicted molar refractivity (Wildman–Crippen MR) is 69.3 cm³/mol. The highest BCUT2D eigenvalue weighted by Gasteiger charge is 2.22.